The number of nitrogens with zero attached hydrogens (tertiary/aromatic N) is 1. The van der Waals surface area contributed by atoms with Gasteiger partial charge in [-0.15, -0.1) is 0 Å². The molecule has 1 saturated heterocycles. The van der Waals surface area contributed by atoms with E-state index in [1.54, 1.807) is 19.2 Å². The average molecular weight is 382 g/mol. The molecule has 0 saturated carbocycles. The van der Waals surface area contributed by atoms with Gasteiger partial charge in [-0.1, -0.05) is 23.7 Å². The van der Waals surface area contributed by atoms with Gasteiger partial charge < -0.3 is 14.4 Å². The number of Topliss-reactive ketones (excluding diaryl/α,β-unsaturated/α-hetero) is 1. The van der Waals surface area contributed by atoms with Crippen LogP contribution in [-0.2, 0) is 16.1 Å². The van der Waals surface area contributed by atoms with Crippen molar-refractivity contribution in [2.45, 2.75) is 19.1 Å². The fourth-order valence-corrected chi connectivity index (χ4v) is 3.09. The molecule has 1 heterocycles. The first-order chi connectivity index (χ1) is 12.5. The molecule has 26 heavy (non-hydrogen) atoms. The Morgan fingerprint density at radius 3 is 2.46 bits per heavy atom. The van der Waals surface area contributed by atoms with Crippen LogP contribution in [0.15, 0.2) is 36.4 Å². The van der Waals surface area contributed by atoms with E-state index in [0.717, 1.165) is 23.4 Å². The number of benzene rings is 2. The highest BCUT2D eigenvalue weighted by Crippen LogP contribution is 2.29. The largest absolute Gasteiger partial charge is 0.497 e. The van der Waals surface area contributed by atoms with Crippen LogP contribution in [-0.4, -0.2) is 32.1 Å². The normalized spacial score (nSPS) is 17.5. The number of piperidine rings is 1. The summed E-state index contributed by atoms with van der Waals surface area (Å²) in [4.78, 5) is 13.6. The van der Waals surface area contributed by atoms with Crippen molar-refractivity contribution in [2.75, 3.05) is 25.1 Å². The minimum Gasteiger partial charge on any atom is -0.497 e. The van der Waals surface area contributed by atoms with E-state index in [4.69, 9.17) is 21.1 Å². The van der Waals surface area contributed by atoms with Gasteiger partial charge >= 0.3 is 0 Å². The van der Waals surface area contributed by atoms with Gasteiger partial charge in [0.25, 0.3) is 0 Å². The van der Waals surface area contributed by atoms with Crippen molar-refractivity contribution in [1.82, 2.24) is 0 Å². The molecule has 0 aliphatic carbocycles. The summed E-state index contributed by atoms with van der Waals surface area (Å²) in [6.45, 7) is 0.543. The molecule has 0 aromatic heterocycles. The van der Waals surface area contributed by atoms with Crippen LogP contribution < -0.4 is 9.64 Å². The highest BCUT2D eigenvalue weighted by Gasteiger charge is 2.30. The van der Waals surface area contributed by atoms with Crippen molar-refractivity contribution < 1.29 is 23.0 Å². The molecule has 0 radical (unpaired) electrons. The highest BCUT2D eigenvalue weighted by atomic mass is 35.5. The molecule has 0 unspecified atom stereocenters. The molecule has 1 fully saturated rings. The number of carbonyl (C=O) groups is 1. The summed E-state index contributed by atoms with van der Waals surface area (Å²) in [6.07, 6.45) is -0.588. The Balaban J connectivity index is 1.69. The van der Waals surface area contributed by atoms with E-state index in [1.807, 2.05) is 12.1 Å². The summed E-state index contributed by atoms with van der Waals surface area (Å²) >= 11 is 5.67. The lowest BCUT2D eigenvalue weighted by atomic mass is 10.1. The molecular formula is C19H18ClF2NO3. The second-order valence-corrected chi connectivity index (χ2v) is 6.46. The Labute approximate surface area is 155 Å². The number of halogens is 3. The lowest BCUT2D eigenvalue weighted by Gasteiger charge is -2.33. The minimum absolute atomic E-state index is 0.0101. The summed E-state index contributed by atoms with van der Waals surface area (Å²) in [5.74, 6) is -0.858. The van der Waals surface area contributed by atoms with Gasteiger partial charge in [0.1, 0.15) is 17.5 Å². The highest BCUT2D eigenvalue weighted by molar-refractivity contribution is 6.30. The number of ketones is 1. The molecular weight excluding hydrogens is 364 g/mol. The fourth-order valence-electron chi connectivity index (χ4n) is 2.90. The first-order valence-electron chi connectivity index (χ1n) is 8.14. The molecule has 1 aliphatic heterocycles. The molecule has 138 valence electrons. The Kier molecular flexibility index (Phi) is 5.74. The molecule has 0 amide bonds. The molecule has 1 aliphatic rings. The first-order valence-corrected chi connectivity index (χ1v) is 8.52. The maximum absolute atomic E-state index is 14.1. The zero-order chi connectivity index (χ0) is 18.7. The van der Waals surface area contributed by atoms with Crippen LogP contribution in [0.5, 0.6) is 5.75 Å². The lowest BCUT2D eigenvalue weighted by molar-refractivity contribution is -0.132. The third-order valence-electron chi connectivity index (χ3n) is 4.28. The summed E-state index contributed by atoms with van der Waals surface area (Å²) in [5.41, 5.74) is 0.694. The number of anilines is 1. The van der Waals surface area contributed by atoms with Gasteiger partial charge in [0, 0.05) is 18.0 Å². The molecule has 2 aromatic carbocycles. The second kappa shape index (κ2) is 8.01. The first kappa shape index (κ1) is 18.6. The van der Waals surface area contributed by atoms with Crippen LogP contribution >= 0.6 is 11.6 Å². The molecule has 1 atom stereocenters. The Bertz CT molecular complexity index is 775. The lowest BCUT2D eigenvalue weighted by Crippen LogP contribution is -2.46. The van der Waals surface area contributed by atoms with Gasteiger partial charge in [0.2, 0.25) is 0 Å². The quantitative estimate of drug-likeness (QED) is 0.785. The van der Waals surface area contributed by atoms with Gasteiger partial charge in [-0.05, 0) is 29.8 Å². The number of rotatable bonds is 5. The summed E-state index contributed by atoms with van der Waals surface area (Å²) < 4.78 is 39.1. The Morgan fingerprint density at radius 2 is 1.85 bits per heavy atom. The van der Waals surface area contributed by atoms with Crippen molar-refractivity contribution in [2.24, 2.45) is 0 Å². The van der Waals surface area contributed by atoms with E-state index in [0.29, 0.717) is 0 Å². The molecule has 0 N–H and O–H groups in total. The van der Waals surface area contributed by atoms with E-state index in [9.17, 15) is 13.6 Å². The van der Waals surface area contributed by atoms with Gasteiger partial charge in [-0.2, -0.15) is 0 Å². The number of carbonyl (C=O) groups excluding carboxylic acids is 1. The third kappa shape index (κ3) is 4.14. The number of ether oxygens (including phenoxy) is 2. The van der Waals surface area contributed by atoms with Gasteiger partial charge in [-0.3, -0.25) is 4.79 Å². The molecule has 0 bridgehead atoms. The molecule has 0 spiro atoms. The molecule has 2 aromatic rings. The van der Waals surface area contributed by atoms with E-state index < -0.39 is 17.7 Å². The van der Waals surface area contributed by atoms with Crippen LogP contribution in [0.1, 0.15) is 12.0 Å². The zero-order valence-electron chi connectivity index (χ0n) is 14.2. The summed E-state index contributed by atoms with van der Waals surface area (Å²) in [7, 11) is 1.58. The summed E-state index contributed by atoms with van der Waals surface area (Å²) in [6, 6.07) is 9.39. The Morgan fingerprint density at radius 1 is 1.19 bits per heavy atom. The van der Waals surface area contributed by atoms with Crippen LogP contribution in [0.4, 0.5) is 14.5 Å². The van der Waals surface area contributed by atoms with Crippen molar-refractivity contribution in [3.05, 3.63) is 58.6 Å². The van der Waals surface area contributed by atoms with E-state index in [1.165, 1.54) is 4.90 Å². The number of methoxy groups -OCH3 is 1. The number of hydrogen-bond donors (Lipinski definition) is 0. The zero-order valence-corrected chi connectivity index (χ0v) is 14.9. The fraction of sp³-hybridized carbons (Fsp3) is 0.316. The van der Waals surface area contributed by atoms with E-state index in [2.05, 4.69) is 0 Å². The molecule has 4 nitrogen and oxygen atoms in total. The van der Waals surface area contributed by atoms with Crippen molar-refractivity contribution >= 4 is 23.1 Å². The second-order valence-electron chi connectivity index (χ2n) is 6.03. The SMILES string of the molecule is COc1ccc(CO[C@@H]2CN(c3c(F)cc(Cl)cc3F)CCC2=O)cc1. The van der Waals surface area contributed by atoms with Crippen LogP contribution in [0, 0.1) is 11.6 Å². The maximum atomic E-state index is 14.1. The predicted molar refractivity (Wildman–Crippen MR) is 94.8 cm³/mol. The monoisotopic (exact) mass is 381 g/mol. The molecule has 3 rings (SSSR count). The van der Waals surface area contributed by atoms with Crippen LogP contribution in [0.25, 0.3) is 0 Å². The predicted octanol–water partition coefficient (Wildman–Crippen LogP) is 3.99. The summed E-state index contributed by atoms with van der Waals surface area (Å²) in [5, 5.41) is -0.0101. The average Bonchev–Trinajstić information content (AvgIpc) is 2.61. The van der Waals surface area contributed by atoms with Crippen molar-refractivity contribution in [1.29, 1.82) is 0 Å². The molecule has 7 heteroatoms. The maximum Gasteiger partial charge on any atom is 0.165 e. The van der Waals surface area contributed by atoms with Crippen LogP contribution in [0.2, 0.25) is 5.02 Å². The van der Waals surface area contributed by atoms with Crippen molar-refractivity contribution in [3.63, 3.8) is 0 Å². The van der Waals surface area contributed by atoms with E-state index in [-0.39, 0.29) is 42.6 Å². The topological polar surface area (TPSA) is 38.8 Å². The third-order valence-corrected chi connectivity index (χ3v) is 4.50. The Hall–Kier alpha value is -2.18. The van der Waals surface area contributed by atoms with Gasteiger partial charge in [-0.25, -0.2) is 8.78 Å². The standard InChI is InChI=1S/C19H18ClF2NO3/c1-25-14-4-2-12(3-5-14)11-26-18-10-23(7-6-17(18)24)19-15(21)8-13(20)9-16(19)22/h2-5,8-9,18H,6-7,10-11H2,1H3/t18-/m1/s1. The van der Waals surface area contributed by atoms with Crippen LogP contribution in [0.3, 0.4) is 0 Å². The van der Waals surface area contributed by atoms with Crippen molar-refractivity contribution in [3.8, 4) is 5.75 Å². The van der Waals surface area contributed by atoms with E-state index >= 15 is 0 Å². The number of hydrogen-bond acceptors (Lipinski definition) is 4. The van der Waals surface area contributed by atoms with Gasteiger partial charge in [0.05, 0.1) is 20.3 Å². The minimum atomic E-state index is -0.752. The smallest absolute Gasteiger partial charge is 0.165 e. The van der Waals surface area contributed by atoms with Gasteiger partial charge in [0.15, 0.2) is 17.4 Å².